The number of aliphatic hydroxyl groups excluding tert-OH is 1. The lowest BCUT2D eigenvalue weighted by atomic mass is 10.1. The third-order valence-corrected chi connectivity index (χ3v) is 1.27. The number of carbonyl (C=O) groups excluding carboxylic acids is 1. The number of aliphatic hydroxyl groups is 1. The van der Waals surface area contributed by atoms with Crippen molar-refractivity contribution in [3.63, 3.8) is 0 Å². The molecule has 0 heterocycles. The Labute approximate surface area is 70.4 Å². The minimum Gasteiger partial charge on any atom is -0.460 e. The van der Waals surface area contributed by atoms with Gasteiger partial charge in [0.15, 0.2) is 0 Å². The fourth-order valence-corrected chi connectivity index (χ4v) is 0.664. The van der Waals surface area contributed by atoms with Gasteiger partial charge in [0.2, 0.25) is 0 Å². The molecule has 3 N–H and O–H groups in total. The highest BCUT2D eigenvalue weighted by atomic mass is 16.6. The highest BCUT2D eigenvalue weighted by Gasteiger charge is 2.19. The second kappa shape index (κ2) is 4.61. The van der Waals surface area contributed by atoms with Crippen molar-refractivity contribution in [2.24, 2.45) is 0 Å². The standard InChI is InChI=1S/C7H12N2O3/c1-4(12-5(2)10)7(11)6(9)3-8/h3-4,7-9,11H,1-2H3/t4-,7+/m1/s1. The molecule has 0 radical (unpaired) electrons. The summed E-state index contributed by atoms with van der Waals surface area (Å²) >= 11 is 0. The van der Waals surface area contributed by atoms with Gasteiger partial charge in [-0.25, -0.2) is 0 Å². The molecule has 0 saturated heterocycles. The van der Waals surface area contributed by atoms with E-state index in [1.807, 2.05) is 0 Å². The van der Waals surface area contributed by atoms with Crippen molar-refractivity contribution in [2.45, 2.75) is 26.1 Å². The van der Waals surface area contributed by atoms with Gasteiger partial charge in [0.25, 0.3) is 0 Å². The van der Waals surface area contributed by atoms with Gasteiger partial charge < -0.3 is 20.7 Å². The van der Waals surface area contributed by atoms with E-state index in [1.54, 1.807) is 0 Å². The van der Waals surface area contributed by atoms with Gasteiger partial charge in [-0.15, -0.1) is 0 Å². The predicted octanol–water partition coefficient (Wildman–Crippen LogP) is -0.0318. The fourth-order valence-electron chi connectivity index (χ4n) is 0.664. The van der Waals surface area contributed by atoms with Crippen LogP contribution in [0.15, 0.2) is 0 Å². The molecule has 0 aliphatic rings. The van der Waals surface area contributed by atoms with Crippen LogP contribution in [-0.2, 0) is 9.53 Å². The van der Waals surface area contributed by atoms with Crippen LogP contribution in [0, 0.1) is 10.8 Å². The molecule has 0 aromatic heterocycles. The van der Waals surface area contributed by atoms with Gasteiger partial charge in [-0.1, -0.05) is 0 Å². The molecule has 0 aliphatic carbocycles. The van der Waals surface area contributed by atoms with Gasteiger partial charge in [0.05, 0.1) is 5.71 Å². The summed E-state index contributed by atoms with van der Waals surface area (Å²) in [5.41, 5.74) is -0.274. The first kappa shape index (κ1) is 10.8. The lowest BCUT2D eigenvalue weighted by Gasteiger charge is -2.16. The topological polar surface area (TPSA) is 94.2 Å². The first-order chi connectivity index (χ1) is 5.49. The molecule has 0 aliphatic heterocycles. The molecule has 0 bridgehead atoms. The van der Waals surface area contributed by atoms with E-state index in [1.165, 1.54) is 13.8 Å². The molecule has 0 unspecified atom stereocenters. The number of rotatable bonds is 4. The van der Waals surface area contributed by atoms with Crippen LogP contribution >= 0.6 is 0 Å². The molecule has 5 heteroatoms. The maximum absolute atomic E-state index is 10.4. The van der Waals surface area contributed by atoms with E-state index in [2.05, 4.69) is 4.74 Å². The van der Waals surface area contributed by atoms with Gasteiger partial charge in [0, 0.05) is 13.1 Å². The number of hydrogen-bond donors (Lipinski definition) is 3. The van der Waals surface area contributed by atoms with Crippen molar-refractivity contribution in [1.82, 2.24) is 0 Å². The van der Waals surface area contributed by atoms with E-state index in [0.29, 0.717) is 6.21 Å². The minimum absolute atomic E-state index is 0.274. The second-order valence-corrected chi connectivity index (χ2v) is 2.36. The predicted molar refractivity (Wildman–Crippen MR) is 43.7 cm³/mol. The quantitative estimate of drug-likeness (QED) is 0.410. The van der Waals surface area contributed by atoms with E-state index < -0.39 is 18.2 Å². The first-order valence-corrected chi connectivity index (χ1v) is 3.43. The molecule has 12 heavy (non-hydrogen) atoms. The molecule has 0 rings (SSSR count). The largest absolute Gasteiger partial charge is 0.460 e. The summed E-state index contributed by atoms with van der Waals surface area (Å²) in [4.78, 5) is 10.4. The molecule has 68 valence electrons. The lowest BCUT2D eigenvalue weighted by Crippen LogP contribution is -2.35. The molecule has 5 nitrogen and oxygen atoms in total. The summed E-state index contributed by atoms with van der Waals surface area (Å²) < 4.78 is 4.60. The van der Waals surface area contributed by atoms with Crippen LogP contribution in [0.4, 0.5) is 0 Å². The highest BCUT2D eigenvalue weighted by Crippen LogP contribution is 1.99. The van der Waals surface area contributed by atoms with Crippen LogP contribution in [0.25, 0.3) is 0 Å². The van der Waals surface area contributed by atoms with Gasteiger partial charge in [-0.05, 0) is 6.92 Å². The molecular formula is C7H12N2O3. The zero-order chi connectivity index (χ0) is 9.72. The van der Waals surface area contributed by atoms with Gasteiger partial charge in [-0.3, -0.25) is 4.79 Å². The third kappa shape index (κ3) is 3.25. The molecule has 2 atom stereocenters. The first-order valence-electron chi connectivity index (χ1n) is 3.43. The van der Waals surface area contributed by atoms with Crippen molar-refractivity contribution in [2.75, 3.05) is 0 Å². The average Bonchev–Trinajstić information content (AvgIpc) is 2.00. The Hall–Kier alpha value is -1.23. The van der Waals surface area contributed by atoms with Gasteiger partial charge in [0.1, 0.15) is 12.2 Å². The third-order valence-electron chi connectivity index (χ3n) is 1.27. The Morgan fingerprint density at radius 3 is 2.50 bits per heavy atom. The summed E-state index contributed by atoms with van der Waals surface area (Å²) in [6.45, 7) is 2.68. The number of ether oxygens (including phenoxy) is 1. The smallest absolute Gasteiger partial charge is 0.302 e. The van der Waals surface area contributed by atoms with Crippen LogP contribution < -0.4 is 0 Å². The number of hydrogen-bond acceptors (Lipinski definition) is 5. The summed E-state index contributed by atoms with van der Waals surface area (Å²) in [7, 11) is 0. The molecule has 0 aromatic rings. The Bertz CT molecular complexity index is 203. The van der Waals surface area contributed by atoms with Crippen molar-refractivity contribution in [1.29, 1.82) is 10.8 Å². The van der Waals surface area contributed by atoms with E-state index >= 15 is 0 Å². The van der Waals surface area contributed by atoms with E-state index in [4.69, 9.17) is 10.8 Å². The van der Waals surface area contributed by atoms with Crippen molar-refractivity contribution in [3.8, 4) is 0 Å². The normalized spacial score (nSPS) is 14.6. The van der Waals surface area contributed by atoms with E-state index in [9.17, 15) is 9.90 Å². The van der Waals surface area contributed by atoms with Crippen molar-refractivity contribution in [3.05, 3.63) is 0 Å². The fraction of sp³-hybridized carbons (Fsp3) is 0.571. The summed E-state index contributed by atoms with van der Waals surface area (Å²) in [6.07, 6.45) is -1.28. The van der Waals surface area contributed by atoms with E-state index in [0.717, 1.165) is 0 Å². The zero-order valence-electron chi connectivity index (χ0n) is 7.00. The molecule has 0 spiro atoms. The van der Waals surface area contributed by atoms with Crippen molar-refractivity contribution >= 4 is 17.9 Å². The zero-order valence-corrected chi connectivity index (χ0v) is 7.00. The minimum atomic E-state index is -1.22. The number of nitrogens with one attached hydrogen (secondary N) is 2. The number of esters is 1. The molecule has 0 amide bonds. The SMILES string of the molecule is CC(=O)O[C@H](C)[C@H](O)C(=N)C=N. The Kier molecular flexibility index (Phi) is 4.14. The van der Waals surface area contributed by atoms with Crippen LogP contribution in [0.1, 0.15) is 13.8 Å². The highest BCUT2D eigenvalue weighted by molar-refractivity contribution is 6.30. The lowest BCUT2D eigenvalue weighted by molar-refractivity contribution is -0.148. The summed E-state index contributed by atoms with van der Waals surface area (Å²) in [5, 5.41) is 22.9. The molecule has 0 aromatic carbocycles. The summed E-state index contributed by atoms with van der Waals surface area (Å²) in [6, 6.07) is 0. The van der Waals surface area contributed by atoms with Crippen molar-refractivity contribution < 1.29 is 14.6 Å². The van der Waals surface area contributed by atoms with Crippen LogP contribution in [-0.4, -0.2) is 35.2 Å². The van der Waals surface area contributed by atoms with E-state index in [-0.39, 0.29) is 5.71 Å². The monoisotopic (exact) mass is 172 g/mol. The summed E-state index contributed by atoms with van der Waals surface area (Å²) in [5.74, 6) is -0.515. The molecular weight excluding hydrogens is 160 g/mol. The Balaban J connectivity index is 4.08. The maximum Gasteiger partial charge on any atom is 0.302 e. The average molecular weight is 172 g/mol. The molecule has 0 fully saturated rings. The number of carbonyl (C=O) groups is 1. The van der Waals surface area contributed by atoms with Crippen LogP contribution in [0.3, 0.4) is 0 Å². The Morgan fingerprint density at radius 1 is 1.67 bits per heavy atom. The maximum atomic E-state index is 10.4. The van der Waals surface area contributed by atoms with Crippen LogP contribution in [0.2, 0.25) is 0 Å². The molecule has 0 saturated carbocycles. The Morgan fingerprint density at radius 2 is 2.17 bits per heavy atom. The van der Waals surface area contributed by atoms with Crippen LogP contribution in [0.5, 0.6) is 0 Å². The van der Waals surface area contributed by atoms with Gasteiger partial charge in [-0.2, -0.15) is 0 Å². The van der Waals surface area contributed by atoms with Gasteiger partial charge >= 0.3 is 5.97 Å². The second-order valence-electron chi connectivity index (χ2n) is 2.36.